The zero-order valence-electron chi connectivity index (χ0n) is 10.1. The Bertz CT molecular complexity index is 232. The number of hydrogen-bond donors (Lipinski definition) is 1. The summed E-state index contributed by atoms with van der Waals surface area (Å²) >= 11 is 0. The SMILES string of the molecule is CC1(CCOC2(OO)CCCCC2)OCOO1. The molecule has 2 fully saturated rings. The van der Waals surface area contributed by atoms with Crippen LogP contribution in [0.3, 0.4) is 0 Å². The molecule has 0 bridgehead atoms. The summed E-state index contributed by atoms with van der Waals surface area (Å²) in [5, 5.41) is 8.99. The minimum atomic E-state index is -0.839. The molecule has 6 nitrogen and oxygen atoms in total. The third-order valence-electron chi connectivity index (χ3n) is 3.35. The molecule has 1 aliphatic heterocycles. The Morgan fingerprint density at radius 3 is 2.59 bits per heavy atom. The molecule has 0 amide bonds. The van der Waals surface area contributed by atoms with E-state index in [1.807, 2.05) is 0 Å². The zero-order chi connectivity index (χ0) is 12.2. The Kier molecular flexibility index (Phi) is 4.35. The Morgan fingerprint density at radius 2 is 2.00 bits per heavy atom. The summed E-state index contributed by atoms with van der Waals surface area (Å²) in [6.45, 7) is 2.31. The fraction of sp³-hybridized carbons (Fsp3) is 1.00. The van der Waals surface area contributed by atoms with E-state index >= 15 is 0 Å². The van der Waals surface area contributed by atoms with Crippen LogP contribution < -0.4 is 0 Å². The monoisotopic (exact) mass is 248 g/mol. The molecule has 1 aliphatic carbocycles. The van der Waals surface area contributed by atoms with Gasteiger partial charge in [0.15, 0.2) is 6.79 Å². The Balaban J connectivity index is 1.75. The molecular weight excluding hydrogens is 228 g/mol. The fourth-order valence-electron chi connectivity index (χ4n) is 2.21. The predicted octanol–water partition coefficient (Wildman–Crippen LogP) is 2.20. The molecule has 6 heteroatoms. The maximum atomic E-state index is 8.99. The topological polar surface area (TPSA) is 66.4 Å². The third kappa shape index (κ3) is 3.37. The van der Waals surface area contributed by atoms with E-state index in [-0.39, 0.29) is 6.79 Å². The van der Waals surface area contributed by atoms with E-state index in [4.69, 9.17) is 24.5 Å². The lowest BCUT2D eigenvalue weighted by Gasteiger charge is -2.34. The summed E-state index contributed by atoms with van der Waals surface area (Å²) in [4.78, 5) is 14.2. The minimum absolute atomic E-state index is 0.137. The van der Waals surface area contributed by atoms with Crippen molar-refractivity contribution < 1.29 is 29.4 Å². The van der Waals surface area contributed by atoms with Gasteiger partial charge in [-0.3, -0.25) is 0 Å². The van der Waals surface area contributed by atoms with Gasteiger partial charge in [0.1, 0.15) is 0 Å². The first-order valence-corrected chi connectivity index (χ1v) is 6.09. The van der Waals surface area contributed by atoms with Gasteiger partial charge in [0.05, 0.1) is 6.61 Å². The molecule has 100 valence electrons. The van der Waals surface area contributed by atoms with Crippen molar-refractivity contribution in [3.63, 3.8) is 0 Å². The van der Waals surface area contributed by atoms with Crippen LogP contribution in [-0.4, -0.2) is 30.2 Å². The molecule has 1 saturated heterocycles. The van der Waals surface area contributed by atoms with Crippen LogP contribution in [0, 0.1) is 0 Å². The number of rotatable bonds is 5. The highest BCUT2D eigenvalue weighted by Crippen LogP contribution is 2.33. The van der Waals surface area contributed by atoms with Crippen LogP contribution in [0.4, 0.5) is 0 Å². The maximum Gasteiger partial charge on any atom is 0.203 e. The first-order valence-electron chi connectivity index (χ1n) is 6.09. The van der Waals surface area contributed by atoms with Crippen LogP contribution in [-0.2, 0) is 24.1 Å². The van der Waals surface area contributed by atoms with Gasteiger partial charge in [-0.25, -0.2) is 15.0 Å². The van der Waals surface area contributed by atoms with Crippen molar-refractivity contribution in [1.82, 2.24) is 0 Å². The summed E-state index contributed by atoms with van der Waals surface area (Å²) in [5.41, 5.74) is 0. The van der Waals surface area contributed by atoms with E-state index in [0.717, 1.165) is 32.1 Å². The van der Waals surface area contributed by atoms with Crippen molar-refractivity contribution in [2.45, 2.75) is 57.0 Å². The van der Waals surface area contributed by atoms with Gasteiger partial charge in [0, 0.05) is 19.3 Å². The average molecular weight is 248 g/mol. The van der Waals surface area contributed by atoms with Crippen LogP contribution in [0.1, 0.15) is 45.4 Å². The lowest BCUT2D eigenvalue weighted by atomic mass is 9.94. The molecular formula is C11H20O6. The lowest BCUT2D eigenvalue weighted by Crippen LogP contribution is -2.39. The molecule has 1 heterocycles. The molecule has 2 rings (SSSR count). The molecule has 1 unspecified atom stereocenters. The smallest absolute Gasteiger partial charge is 0.203 e. The van der Waals surface area contributed by atoms with E-state index in [1.54, 1.807) is 6.92 Å². The first kappa shape index (κ1) is 13.2. The van der Waals surface area contributed by atoms with Crippen LogP contribution in [0.25, 0.3) is 0 Å². The maximum absolute atomic E-state index is 8.99. The Morgan fingerprint density at radius 1 is 1.24 bits per heavy atom. The highest BCUT2D eigenvalue weighted by Gasteiger charge is 2.37. The molecule has 2 aliphatic rings. The Hall–Kier alpha value is -0.240. The molecule has 0 radical (unpaired) electrons. The van der Waals surface area contributed by atoms with Crippen LogP contribution in [0.15, 0.2) is 0 Å². The van der Waals surface area contributed by atoms with E-state index < -0.39 is 11.6 Å². The second-order valence-corrected chi connectivity index (χ2v) is 4.76. The van der Waals surface area contributed by atoms with Gasteiger partial charge >= 0.3 is 0 Å². The van der Waals surface area contributed by atoms with E-state index in [9.17, 15) is 0 Å². The molecule has 1 N–H and O–H groups in total. The second kappa shape index (κ2) is 5.60. The van der Waals surface area contributed by atoms with Gasteiger partial charge in [-0.15, -0.1) is 0 Å². The third-order valence-corrected chi connectivity index (χ3v) is 3.35. The van der Waals surface area contributed by atoms with Gasteiger partial charge in [-0.2, -0.15) is 4.89 Å². The standard InChI is InChI=1S/C11H20O6/c1-10(14-9-15-17-10)7-8-13-11(16-12)5-3-2-4-6-11/h12H,2-9H2,1H3. The minimum Gasteiger partial charge on any atom is -0.347 e. The number of hydrogen-bond acceptors (Lipinski definition) is 6. The molecule has 0 aromatic heterocycles. The van der Waals surface area contributed by atoms with Crippen molar-refractivity contribution in [2.24, 2.45) is 0 Å². The van der Waals surface area contributed by atoms with E-state index in [1.165, 1.54) is 0 Å². The molecule has 17 heavy (non-hydrogen) atoms. The van der Waals surface area contributed by atoms with Crippen LogP contribution in [0.2, 0.25) is 0 Å². The zero-order valence-corrected chi connectivity index (χ0v) is 10.1. The summed E-state index contributed by atoms with van der Waals surface area (Å²) in [5.74, 6) is -1.60. The predicted molar refractivity (Wildman–Crippen MR) is 56.6 cm³/mol. The molecule has 0 spiro atoms. The molecule has 1 saturated carbocycles. The average Bonchev–Trinajstić information content (AvgIpc) is 2.77. The van der Waals surface area contributed by atoms with Crippen molar-refractivity contribution >= 4 is 0 Å². The highest BCUT2D eigenvalue weighted by atomic mass is 17.3. The van der Waals surface area contributed by atoms with E-state index in [0.29, 0.717) is 13.0 Å². The second-order valence-electron chi connectivity index (χ2n) is 4.76. The normalized spacial score (nSPS) is 32.8. The highest BCUT2D eigenvalue weighted by molar-refractivity contribution is 4.74. The molecule has 0 aromatic carbocycles. The van der Waals surface area contributed by atoms with Crippen molar-refractivity contribution in [3.8, 4) is 0 Å². The fourth-order valence-corrected chi connectivity index (χ4v) is 2.21. The largest absolute Gasteiger partial charge is 0.347 e. The van der Waals surface area contributed by atoms with Crippen molar-refractivity contribution in [1.29, 1.82) is 0 Å². The Labute approximate surface area is 101 Å². The first-order chi connectivity index (χ1) is 8.18. The van der Waals surface area contributed by atoms with E-state index in [2.05, 4.69) is 4.89 Å². The number of ether oxygens (including phenoxy) is 2. The van der Waals surface area contributed by atoms with Gasteiger partial charge in [-0.1, -0.05) is 6.42 Å². The lowest BCUT2D eigenvalue weighted by molar-refractivity contribution is -0.414. The molecule has 1 atom stereocenters. The van der Waals surface area contributed by atoms with Crippen LogP contribution in [0.5, 0.6) is 0 Å². The summed E-state index contributed by atoms with van der Waals surface area (Å²) in [7, 11) is 0. The van der Waals surface area contributed by atoms with Gasteiger partial charge in [0.2, 0.25) is 11.6 Å². The van der Waals surface area contributed by atoms with Gasteiger partial charge in [0.25, 0.3) is 0 Å². The van der Waals surface area contributed by atoms with Gasteiger partial charge < -0.3 is 9.47 Å². The van der Waals surface area contributed by atoms with Gasteiger partial charge in [-0.05, 0) is 19.8 Å². The summed E-state index contributed by atoms with van der Waals surface area (Å²) in [6.07, 6.45) is 5.14. The van der Waals surface area contributed by atoms with Crippen molar-refractivity contribution in [2.75, 3.05) is 13.4 Å². The van der Waals surface area contributed by atoms with Crippen molar-refractivity contribution in [3.05, 3.63) is 0 Å². The summed E-state index contributed by atoms with van der Waals surface area (Å²) < 4.78 is 10.9. The molecule has 0 aromatic rings. The quantitative estimate of drug-likeness (QED) is 0.457. The summed E-state index contributed by atoms with van der Waals surface area (Å²) in [6, 6.07) is 0. The van der Waals surface area contributed by atoms with Crippen LogP contribution >= 0.6 is 0 Å².